The number of methoxy groups -OCH3 is 2. The summed E-state index contributed by atoms with van der Waals surface area (Å²) >= 11 is 6.71. The molecule has 4 aromatic rings. The van der Waals surface area contributed by atoms with Crippen molar-refractivity contribution in [2.75, 3.05) is 52.0 Å². The fourth-order valence-corrected chi connectivity index (χ4v) is 9.82. The second-order valence-corrected chi connectivity index (χ2v) is 21.3. The lowest BCUT2D eigenvalue weighted by molar-refractivity contribution is -0.220. The van der Waals surface area contributed by atoms with Crippen LogP contribution in [0.25, 0.3) is 11.3 Å². The fraction of sp³-hybridized carbons (Fsp3) is 0.481. The molecule has 3 aliphatic rings. The summed E-state index contributed by atoms with van der Waals surface area (Å²) < 4.78 is 74.8. The summed E-state index contributed by atoms with van der Waals surface area (Å²) in [7, 11) is 2.03. The molecule has 0 saturated carbocycles. The number of hydrogen-bond acceptors (Lipinski definition) is 13. The Morgan fingerprint density at radius 2 is 1.47 bits per heavy atom. The number of ether oxygens (including phenoxy) is 3. The number of anilines is 1. The number of aliphatic hydroxyl groups is 1. The van der Waals surface area contributed by atoms with E-state index in [-0.39, 0.29) is 17.0 Å². The Balaban J connectivity index is 1.15. The van der Waals surface area contributed by atoms with Gasteiger partial charge in [0.05, 0.1) is 56.7 Å². The van der Waals surface area contributed by atoms with E-state index in [1.165, 1.54) is 18.3 Å². The number of alkyl carbamates (subject to hydrolysis) is 2. The first-order valence-corrected chi connectivity index (χ1v) is 25.2. The average molecular weight is 1080 g/mol. The summed E-state index contributed by atoms with van der Waals surface area (Å²) in [6, 6.07) is 14.7. The summed E-state index contributed by atoms with van der Waals surface area (Å²) in [6.45, 7) is 8.68. The topological polar surface area (TPSA) is 200 Å². The SMILES string of the molecule is COC(=O)N[C@H](C(=O)NN(Cc1c(F)cc(-c2ccccn2)cc1Cl)C[C@H](O)[C@H](Cc1ccc(C#Cc2ccc(N3CC4CCC(C3)N4C3COC3)nc2)cc1)NC(=O)[C@@H](NC(=O)OC)C(C)(C)C(F)(F)F)C(C)(C)C. The summed E-state index contributed by atoms with van der Waals surface area (Å²) in [5.74, 6) is 4.16. The Morgan fingerprint density at radius 3 is 2.01 bits per heavy atom. The zero-order chi connectivity index (χ0) is 55.1. The zero-order valence-electron chi connectivity index (χ0n) is 43.3. The van der Waals surface area contributed by atoms with E-state index in [4.69, 9.17) is 26.1 Å². The molecule has 2 unspecified atom stereocenters. The summed E-state index contributed by atoms with van der Waals surface area (Å²) in [5, 5.41) is 20.2. The second kappa shape index (κ2) is 24.2. The normalized spacial score (nSPS) is 18.5. The lowest BCUT2D eigenvalue weighted by atomic mass is 9.82. The fourth-order valence-electron chi connectivity index (χ4n) is 9.55. The van der Waals surface area contributed by atoms with E-state index >= 15 is 4.39 Å². The maximum atomic E-state index is 16.2. The number of piperazine rings is 1. The Labute approximate surface area is 444 Å². The first kappa shape index (κ1) is 57.1. The Kier molecular flexibility index (Phi) is 18.2. The molecule has 22 heteroatoms. The number of hydrogen-bond donors (Lipinski definition) is 5. The number of nitrogens with zero attached hydrogens (tertiary/aromatic N) is 5. The van der Waals surface area contributed by atoms with Gasteiger partial charge in [0.2, 0.25) is 5.91 Å². The van der Waals surface area contributed by atoms with Gasteiger partial charge in [0.25, 0.3) is 5.91 Å². The molecule has 3 aliphatic heterocycles. The van der Waals surface area contributed by atoms with E-state index in [2.05, 4.69) is 47.4 Å². The highest BCUT2D eigenvalue weighted by atomic mass is 35.5. The van der Waals surface area contributed by atoms with Gasteiger partial charge in [-0.1, -0.05) is 62.4 Å². The first-order chi connectivity index (χ1) is 35.9. The van der Waals surface area contributed by atoms with Crippen LogP contribution in [-0.2, 0) is 36.8 Å². The number of nitrogens with one attached hydrogen (secondary N) is 4. The van der Waals surface area contributed by atoms with Crippen LogP contribution in [0.2, 0.25) is 5.02 Å². The van der Waals surface area contributed by atoms with E-state index in [1.54, 1.807) is 69.4 Å². The number of halogens is 5. The number of rotatable bonds is 17. The van der Waals surface area contributed by atoms with Crippen LogP contribution in [0.15, 0.2) is 79.1 Å². The van der Waals surface area contributed by atoms with Crippen LogP contribution in [0.4, 0.5) is 33.0 Å². The molecule has 0 spiro atoms. The molecule has 0 radical (unpaired) electrons. The minimum Gasteiger partial charge on any atom is -0.453 e. The molecular formula is C54H64ClF4N9O8. The van der Waals surface area contributed by atoms with Gasteiger partial charge in [-0.3, -0.25) is 24.9 Å². The summed E-state index contributed by atoms with van der Waals surface area (Å²) in [6.07, 6.45) is -3.72. The molecule has 4 amide bonds. The number of carbonyl (C=O) groups excluding carboxylic acids is 4. The van der Waals surface area contributed by atoms with Crippen LogP contribution in [0.1, 0.15) is 69.7 Å². The van der Waals surface area contributed by atoms with Gasteiger partial charge in [0, 0.05) is 77.9 Å². The standard InChI is InChI=1S/C54H64ClF4N9O8/c1-52(2,3)46(63-50(72)74-6)49(71)65-67(28-39-40(55)23-35(24-41(39)56)42-10-8-9-21-60-42)29-44(69)43(62-48(70)47(64-51(73)75-7)53(4,5)54(57,58)59)22-33-14-11-32(12-15-33)13-16-34-17-20-45(61-25-34)66-26-36-18-19-37(27-66)68(36)38-30-76-31-38/h8-12,14-15,17,20-21,23-25,36-38,43-44,46-47,69H,18-19,22,26-31H2,1-7H3,(H,62,70)(H,63,72)(H,64,73)(H,65,71)/t36?,37?,43-,44-,46+,47+/m0/s1. The molecule has 2 aromatic carbocycles. The minimum absolute atomic E-state index is 0.0853. The number of benzene rings is 2. The monoisotopic (exact) mass is 1080 g/mol. The highest BCUT2D eigenvalue weighted by Gasteiger charge is 2.56. The average Bonchev–Trinajstić information content (AvgIpc) is 3.61. The molecule has 3 saturated heterocycles. The summed E-state index contributed by atoms with van der Waals surface area (Å²) in [4.78, 5) is 67.1. The van der Waals surface area contributed by atoms with Gasteiger partial charge in [-0.25, -0.2) is 24.0 Å². The van der Waals surface area contributed by atoms with Crippen LogP contribution in [-0.4, -0.2) is 145 Å². The Morgan fingerprint density at radius 1 is 0.842 bits per heavy atom. The van der Waals surface area contributed by atoms with Crippen molar-refractivity contribution in [3.63, 3.8) is 0 Å². The molecule has 2 aromatic heterocycles. The van der Waals surface area contributed by atoms with Gasteiger partial charge in [-0.2, -0.15) is 13.2 Å². The molecule has 7 rings (SSSR count). The van der Waals surface area contributed by atoms with Gasteiger partial charge in [-0.05, 0) is 92.6 Å². The van der Waals surface area contributed by atoms with Crippen molar-refractivity contribution in [1.82, 2.24) is 41.3 Å². The molecule has 0 aliphatic carbocycles. The van der Waals surface area contributed by atoms with Crippen molar-refractivity contribution in [3.8, 4) is 23.1 Å². The Bertz CT molecular complexity index is 2720. The lowest BCUT2D eigenvalue weighted by Crippen LogP contribution is -2.63. The maximum absolute atomic E-state index is 16.2. The van der Waals surface area contributed by atoms with Gasteiger partial charge in [0.15, 0.2) is 0 Å². The number of alkyl halides is 3. The molecule has 2 bridgehead atoms. The van der Waals surface area contributed by atoms with Crippen LogP contribution >= 0.6 is 11.6 Å². The third-order valence-electron chi connectivity index (χ3n) is 14.1. The molecule has 3 fully saturated rings. The number of aliphatic hydroxyl groups excluding tert-OH is 1. The van der Waals surface area contributed by atoms with Crippen molar-refractivity contribution in [1.29, 1.82) is 0 Å². The van der Waals surface area contributed by atoms with Gasteiger partial charge in [-0.15, -0.1) is 0 Å². The maximum Gasteiger partial charge on any atom is 0.407 e. The smallest absolute Gasteiger partial charge is 0.407 e. The highest BCUT2D eigenvalue weighted by molar-refractivity contribution is 6.31. The van der Waals surface area contributed by atoms with Gasteiger partial charge < -0.3 is 40.2 Å². The number of hydrazine groups is 1. The van der Waals surface area contributed by atoms with Gasteiger partial charge >= 0.3 is 18.4 Å². The highest BCUT2D eigenvalue weighted by Crippen LogP contribution is 2.41. The van der Waals surface area contributed by atoms with Gasteiger partial charge in [0.1, 0.15) is 23.7 Å². The molecule has 5 N–H and O–H groups in total. The number of carbonyl (C=O) groups is 4. The largest absolute Gasteiger partial charge is 0.453 e. The zero-order valence-corrected chi connectivity index (χ0v) is 44.1. The third-order valence-corrected chi connectivity index (χ3v) is 14.4. The first-order valence-electron chi connectivity index (χ1n) is 24.8. The van der Waals surface area contributed by atoms with E-state index in [1.807, 2.05) is 17.4 Å². The number of fused-ring (bicyclic) bond motifs is 2. The minimum atomic E-state index is -5.03. The molecule has 5 heterocycles. The predicted molar refractivity (Wildman–Crippen MR) is 275 cm³/mol. The van der Waals surface area contributed by atoms with E-state index < -0.39 is 84.1 Å². The van der Waals surface area contributed by atoms with E-state index in [0.717, 1.165) is 78.0 Å². The molecule has 6 atom stereocenters. The van der Waals surface area contributed by atoms with E-state index in [0.29, 0.717) is 46.1 Å². The number of pyridine rings is 2. The van der Waals surface area contributed by atoms with E-state index in [9.17, 15) is 37.5 Å². The van der Waals surface area contributed by atoms with Crippen molar-refractivity contribution in [2.45, 2.75) is 109 Å². The molecular weight excluding hydrogens is 1010 g/mol. The van der Waals surface area contributed by atoms with Crippen LogP contribution in [0.5, 0.6) is 0 Å². The third kappa shape index (κ3) is 13.9. The summed E-state index contributed by atoms with van der Waals surface area (Å²) in [5.41, 5.74) is 1.19. The van der Waals surface area contributed by atoms with Crippen molar-refractivity contribution in [2.24, 2.45) is 10.8 Å². The number of aromatic nitrogens is 2. The van der Waals surface area contributed by atoms with Crippen molar-refractivity contribution in [3.05, 3.63) is 112 Å². The second-order valence-electron chi connectivity index (χ2n) is 20.9. The Hall–Kier alpha value is -6.57. The quantitative estimate of drug-likeness (QED) is 0.0443. The van der Waals surface area contributed by atoms with Crippen molar-refractivity contribution < 1.29 is 56.1 Å². The predicted octanol–water partition coefficient (Wildman–Crippen LogP) is 6.39. The lowest BCUT2D eigenvalue weighted by Gasteiger charge is -2.47. The van der Waals surface area contributed by atoms with Crippen LogP contribution in [0, 0.1) is 28.5 Å². The molecule has 17 nitrogen and oxygen atoms in total. The van der Waals surface area contributed by atoms with Crippen molar-refractivity contribution >= 4 is 41.4 Å². The van der Waals surface area contributed by atoms with Crippen LogP contribution < -0.4 is 26.3 Å². The molecule has 408 valence electrons. The molecule has 76 heavy (non-hydrogen) atoms. The van der Waals surface area contributed by atoms with Crippen LogP contribution in [0.3, 0.4) is 0 Å². The number of amides is 4.